The Balaban J connectivity index is 1.49. The van der Waals surface area contributed by atoms with Crippen LogP contribution in [0.1, 0.15) is 74.7 Å². The quantitative estimate of drug-likeness (QED) is 0.417. The number of amides is 2. The smallest absolute Gasteiger partial charge is 0.381 e. The molecule has 38 heavy (non-hydrogen) atoms. The molecule has 3 aliphatic rings. The van der Waals surface area contributed by atoms with Crippen molar-refractivity contribution in [3.8, 4) is 0 Å². The topological polar surface area (TPSA) is 70.7 Å². The summed E-state index contributed by atoms with van der Waals surface area (Å²) in [5.41, 5.74) is 0.949. The molecule has 3 unspecified atom stereocenters. The van der Waals surface area contributed by atoms with Gasteiger partial charge in [-0.25, -0.2) is 0 Å². The summed E-state index contributed by atoms with van der Waals surface area (Å²) in [6.07, 6.45) is 2.10. The van der Waals surface area contributed by atoms with E-state index in [-0.39, 0.29) is 35.9 Å². The van der Waals surface area contributed by atoms with Crippen LogP contribution in [0.3, 0.4) is 0 Å². The summed E-state index contributed by atoms with van der Waals surface area (Å²) in [4.78, 5) is 27.8. The number of carbonyl (C=O) groups is 2. The van der Waals surface area contributed by atoms with E-state index in [1.807, 2.05) is 0 Å². The Bertz CT molecular complexity index is 1020. The fraction of sp³-hybridized carbons (Fsp3) is 0.714. The summed E-state index contributed by atoms with van der Waals surface area (Å²) in [6.45, 7) is 5.78. The molecule has 0 bridgehead atoms. The van der Waals surface area contributed by atoms with E-state index < -0.39 is 18.6 Å². The molecule has 1 aliphatic carbocycles. The van der Waals surface area contributed by atoms with Gasteiger partial charge in [0.25, 0.3) is 5.91 Å². The monoisotopic (exact) mass is 601 g/mol. The first kappa shape index (κ1) is 29.2. The number of nitrogens with one attached hydrogen (secondary N) is 2. The number of halogens is 4. The number of ether oxygens (including phenoxy) is 1. The summed E-state index contributed by atoms with van der Waals surface area (Å²) in [5.74, 6) is -0.203. The first-order chi connectivity index (χ1) is 17.9. The SMILES string of the molecule is Cc1c(C(=O)NCC2C(=O)NC(C)(C3CCCC3)CC2C)cc(Br)cc1N(CC(F)(F)F)C1CCOCC1. The number of hydrogen-bond acceptors (Lipinski definition) is 4. The third-order valence-electron chi connectivity index (χ3n) is 8.80. The number of alkyl halides is 3. The molecule has 0 radical (unpaired) electrons. The molecular weight excluding hydrogens is 563 g/mol. The summed E-state index contributed by atoms with van der Waals surface area (Å²) in [6, 6.07) is 2.94. The van der Waals surface area contributed by atoms with Crippen LogP contribution in [-0.4, -0.2) is 55.9 Å². The zero-order valence-electron chi connectivity index (χ0n) is 22.4. The van der Waals surface area contributed by atoms with Gasteiger partial charge >= 0.3 is 6.18 Å². The van der Waals surface area contributed by atoms with E-state index in [2.05, 4.69) is 40.4 Å². The van der Waals surface area contributed by atoms with E-state index >= 15 is 0 Å². The Morgan fingerprint density at radius 2 is 1.87 bits per heavy atom. The van der Waals surface area contributed by atoms with Crippen molar-refractivity contribution in [2.24, 2.45) is 17.8 Å². The molecular formula is C28H39BrF3N3O3. The highest BCUT2D eigenvalue weighted by Gasteiger charge is 2.45. The normalized spacial score (nSPS) is 27.3. The molecule has 2 N–H and O–H groups in total. The molecule has 10 heteroatoms. The van der Waals surface area contributed by atoms with E-state index in [9.17, 15) is 22.8 Å². The highest BCUT2D eigenvalue weighted by molar-refractivity contribution is 9.10. The van der Waals surface area contributed by atoms with Gasteiger partial charge in [0.2, 0.25) is 5.91 Å². The minimum atomic E-state index is -4.40. The molecule has 4 rings (SSSR count). The highest BCUT2D eigenvalue weighted by Crippen LogP contribution is 2.41. The van der Waals surface area contributed by atoms with Crippen LogP contribution < -0.4 is 15.5 Å². The van der Waals surface area contributed by atoms with Gasteiger partial charge in [-0.1, -0.05) is 35.7 Å². The lowest BCUT2D eigenvalue weighted by molar-refractivity contribution is -0.133. The first-order valence-electron chi connectivity index (χ1n) is 13.7. The highest BCUT2D eigenvalue weighted by atomic mass is 79.9. The lowest BCUT2D eigenvalue weighted by Crippen LogP contribution is -2.60. The van der Waals surface area contributed by atoms with Crippen LogP contribution in [0.2, 0.25) is 0 Å². The Hall–Kier alpha value is -1.81. The number of benzene rings is 1. The number of hydrogen-bond donors (Lipinski definition) is 2. The lowest BCUT2D eigenvalue weighted by Gasteiger charge is -2.45. The number of anilines is 1. The average Bonchev–Trinajstić information content (AvgIpc) is 3.39. The lowest BCUT2D eigenvalue weighted by atomic mass is 9.71. The van der Waals surface area contributed by atoms with Crippen LogP contribution in [0.5, 0.6) is 0 Å². The van der Waals surface area contributed by atoms with Crippen molar-refractivity contribution < 1.29 is 27.5 Å². The summed E-state index contributed by atoms with van der Waals surface area (Å²) in [7, 11) is 0. The van der Waals surface area contributed by atoms with E-state index in [0.29, 0.717) is 53.3 Å². The fourth-order valence-electron chi connectivity index (χ4n) is 6.72. The molecule has 1 aromatic rings. The average molecular weight is 603 g/mol. The summed E-state index contributed by atoms with van der Waals surface area (Å²) in [5, 5.41) is 6.17. The maximum absolute atomic E-state index is 13.6. The largest absolute Gasteiger partial charge is 0.405 e. The van der Waals surface area contributed by atoms with Crippen LogP contribution in [0.25, 0.3) is 0 Å². The minimum Gasteiger partial charge on any atom is -0.381 e. The molecule has 2 heterocycles. The Morgan fingerprint density at radius 1 is 1.21 bits per heavy atom. The fourth-order valence-corrected chi connectivity index (χ4v) is 7.16. The third kappa shape index (κ3) is 6.66. The molecule has 2 amide bonds. The van der Waals surface area contributed by atoms with E-state index in [1.54, 1.807) is 19.1 Å². The van der Waals surface area contributed by atoms with Crippen LogP contribution in [0.15, 0.2) is 16.6 Å². The molecule has 0 spiro atoms. The maximum Gasteiger partial charge on any atom is 0.405 e. The maximum atomic E-state index is 13.6. The van der Waals surface area contributed by atoms with Crippen LogP contribution in [-0.2, 0) is 9.53 Å². The van der Waals surface area contributed by atoms with Gasteiger partial charge < -0.3 is 20.3 Å². The van der Waals surface area contributed by atoms with Gasteiger partial charge in [0, 0.05) is 47.1 Å². The molecule has 3 atom stereocenters. The van der Waals surface area contributed by atoms with Gasteiger partial charge in [-0.05, 0) is 75.5 Å². The van der Waals surface area contributed by atoms with Gasteiger partial charge in [0.1, 0.15) is 6.54 Å². The second kappa shape index (κ2) is 11.7. The van der Waals surface area contributed by atoms with E-state index in [1.165, 1.54) is 17.7 Å². The molecule has 0 aromatic heterocycles. The number of rotatable bonds is 7. The molecule has 6 nitrogen and oxygen atoms in total. The van der Waals surface area contributed by atoms with E-state index in [4.69, 9.17) is 4.74 Å². The molecule has 2 aliphatic heterocycles. The first-order valence-corrected chi connectivity index (χ1v) is 14.5. The van der Waals surface area contributed by atoms with Crippen molar-refractivity contribution in [1.82, 2.24) is 10.6 Å². The number of carbonyl (C=O) groups excluding carboxylic acids is 2. The third-order valence-corrected chi connectivity index (χ3v) is 9.26. The van der Waals surface area contributed by atoms with E-state index in [0.717, 1.165) is 19.3 Å². The van der Waals surface area contributed by atoms with Crippen molar-refractivity contribution in [3.63, 3.8) is 0 Å². The predicted molar refractivity (Wildman–Crippen MR) is 144 cm³/mol. The standard InChI is InChI=1S/C28H39BrF3N3O3/c1-17-14-27(3,19-6-4-5-7-19)34-26(37)23(17)15-33-25(36)22-12-20(29)13-24(18(22)2)35(16-28(30,31)32)21-8-10-38-11-9-21/h12-13,17,19,21,23H,4-11,14-16H2,1-3H3,(H,33,36)(H,34,37). The van der Waals surface area contributed by atoms with Crippen molar-refractivity contribution in [3.05, 3.63) is 27.7 Å². The molecule has 2 saturated heterocycles. The van der Waals surface area contributed by atoms with Gasteiger partial charge in [-0.15, -0.1) is 0 Å². The Labute approximate surface area is 231 Å². The number of nitrogens with zero attached hydrogens (tertiary/aromatic N) is 1. The van der Waals surface area contributed by atoms with Crippen molar-refractivity contribution in [2.45, 2.75) is 83.5 Å². The van der Waals surface area contributed by atoms with Crippen LogP contribution in [0.4, 0.5) is 18.9 Å². The van der Waals surface area contributed by atoms with Gasteiger partial charge in [-0.3, -0.25) is 9.59 Å². The van der Waals surface area contributed by atoms with Crippen LogP contribution >= 0.6 is 15.9 Å². The van der Waals surface area contributed by atoms with Crippen molar-refractivity contribution in [2.75, 3.05) is 31.2 Å². The van der Waals surface area contributed by atoms with Gasteiger partial charge in [-0.2, -0.15) is 13.2 Å². The van der Waals surface area contributed by atoms with Gasteiger partial charge in [0.05, 0.1) is 5.92 Å². The van der Waals surface area contributed by atoms with Crippen molar-refractivity contribution in [1.29, 1.82) is 0 Å². The van der Waals surface area contributed by atoms with Gasteiger partial charge in [0.15, 0.2) is 0 Å². The van der Waals surface area contributed by atoms with Crippen LogP contribution in [0, 0.1) is 24.7 Å². The zero-order valence-corrected chi connectivity index (χ0v) is 24.0. The molecule has 3 fully saturated rings. The Kier molecular flexibility index (Phi) is 9.02. The predicted octanol–water partition coefficient (Wildman–Crippen LogP) is 5.76. The molecule has 1 aromatic carbocycles. The number of piperidine rings is 1. The second-order valence-corrected chi connectivity index (χ2v) is 12.5. The Morgan fingerprint density at radius 3 is 2.47 bits per heavy atom. The summed E-state index contributed by atoms with van der Waals surface area (Å²) < 4.78 is 46.7. The van der Waals surface area contributed by atoms with Crippen molar-refractivity contribution >= 4 is 33.4 Å². The molecule has 1 saturated carbocycles. The second-order valence-electron chi connectivity index (χ2n) is 11.6. The summed E-state index contributed by atoms with van der Waals surface area (Å²) >= 11 is 3.40. The zero-order chi connectivity index (χ0) is 27.7. The molecule has 212 valence electrons. The minimum absolute atomic E-state index is 0.0408.